The lowest BCUT2D eigenvalue weighted by Crippen LogP contribution is -2.35. The fourth-order valence-electron chi connectivity index (χ4n) is 1.71. The highest BCUT2D eigenvalue weighted by Gasteiger charge is 2.38. The van der Waals surface area contributed by atoms with Crippen LogP contribution in [0, 0.1) is 0 Å². The van der Waals surface area contributed by atoms with Gasteiger partial charge in [0.05, 0.1) is 0 Å². The van der Waals surface area contributed by atoms with Crippen LogP contribution in [-0.4, -0.2) is 18.8 Å². The van der Waals surface area contributed by atoms with Crippen LogP contribution in [0.15, 0.2) is 24.3 Å². The molecule has 0 amide bonds. The second-order valence-corrected chi connectivity index (χ2v) is 4.07. The van der Waals surface area contributed by atoms with Gasteiger partial charge in [-0.1, -0.05) is 6.07 Å². The largest absolute Gasteiger partial charge is 0.405 e. The molecule has 5 heteroatoms. The van der Waals surface area contributed by atoms with Crippen molar-refractivity contribution in [3.05, 3.63) is 24.3 Å². The Morgan fingerprint density at radius 2 is 2.00 bits per heavy atom. The molecule has 0 saturated heterocycles. The summed E-state index contributed by atoms with van der Waals surface area (Å²) in [5, 5.41) is 0. The van der Waals surface area contributed by atoms with E-state index in [1.54, 1.807) is 24.3 Å². The quantitative estimate of drug-likeness (QED) is 0.809. The number of nitrogens with two attached hydrogens (primary N) is 1. The average molecular weight is 230 g/mol. The average Bonchev–Trinajstić information content (AvgIpc) is 2.96. The van der Waals surface area contributed by atoms with Crippen LogP contribution in [0.5, 0.6) is 0 Å². The summed E-state index contributed by atoms with van der Waals surface area (Å²) in [6, 6.07) is 6.62. The van der Waals surface area contributed by atoms with Crippen molar-refractivity contribution >= 4 is 11.4 Å². The third-order valence-corrected chi connectivity index (χ3v) is 2.54. The zero-order valence-corrected chi connectivity index (χ0v) is 8.67. The first-order valence-corrected chi connectivity index (χ1v) is 5.15. The number of halogens is 3. The molecular formula is C11H13F3N2. The van der Waals surface area contributed by atoms with Gasteiger partial charge in [-0.05, 0) is 31.0 Å². The molecule has 1 aliphatic carbocycles. The molecule has 1 saturated carbocycles. The summed E-state index contributed by atoms with van der Waals surface area (Å²) in [7, 11) is 0. The minimum atomic E-state index is -4.17. The van der Waals surface area contributed by atoms with Gasteiger partial charge in [0.15, 0.2) is 0 Å². The first kappa shape index (κ1) is 11.1. The Bertz CT molecular complexity index is 372. The Kier molecular flexibility index (Phi) is 2.69. The summed E-state index contributed by atoms with van der Waals surface area (Å²) in [5.74, 6) is 0. The van der Waals surface area contributed by atoms with Crippen LogP contribution >= 0.6 is 0 Å². The van der Waals surface area contributed by atoms with Crippen LogP contribution in [0.3, 0.4) is 0 Å². The first-order valence-electron chi connectivity index (χ1n) is 5.15. The van der Waals surface area contributed by atoms with E-state index >= 15 is 0 Å². The number of nitrogen functional groups attached to an aromatic ring is 1. The predicted octanol–water partition coefficient (Wildman–Crippen LogP) is 2.80. The predicted molar refractivity (Wildman–Crippen MR) is 57.3 cm³/mol. The molecule has 0 heterocycles. The number of anilines is 2. The van der Waals surface area contributed by atoms with Gasteiger partial charge >= 0.3 is 6.18 Å². The van der Waals surface area contributed by atoms with Crippen molar-refractivity contribution < 1.29 is 13.2 Å². The van der Waals surface area contributed by atoms with Gasteiger partial charge in [-0.3, -0.25) is 0 Å². The number of benzene rings is 1. The van der Waals surface area contributed by atoms with Crippen LogP contribution < -0.4 is 10.6 Å². The van der Waals surface area contributed by atoms with Crippen molar-refractivity contribution in [3.8, 4) is 0 Å². The van der Waals surface area contributed by atoms with E-state index in [4.69, 9.17) is 5.73 Å². The second-order valence-electron chi connectivity index (χ2n) is 4.07. The van der Waals surface area contributed by atoms with Gasteiger partial charge in [-0.15, -0.1) is 0 Å². The van der Waals surface area contributed by atoms with Crippen LogP contribution in [0.2, 0.25) is 0 Å². The Morgan fingerprint density at radius 1 is 1.31 bits per heavy atom. The van der Waals surface area contributed by atoms with Gasteiger partial charge in [0.25, 0.3) is 0 Å². The number of nitrogens with zero attached hydrogens (tertiary/aromatic N) is 1. The number of hydrogen-bond acceptors (Lipinski definition) is 2. The Hall–Kier alpha value is -1.39. The molecule has 16 heavy (non-hydrogen) atoms. The summed E-state index contributed by atoms with van der Waals surface area (Å²) < 4.78 is 37.2. The highest BCUT2D eigenvalue weighted by molar-refractivity contribution is 5.57. The summed E-state index contributed by atoms with van der Waals surface area (Å²) in [6.07, 6.45) is -2.52. The Morgan fingerprint density at radius 3 is 2.50 bits per heavy atom. The maximum absolute atomic E-state index is 12.4. The molecule has 1 aliphatic rings. The van der Waals surface area contributed by atoms with E-state index in [1.807, 2.05) is 0 Å². The lowest BCUT2D eigenvalue weighted by molar-refractivity contribution is -0.120. The molecular weight excluding hydrogens is 217 g/mol. The van der Waals surface area contributed by atoms with Crippen molar-refractivity contribution in [2.75, 3.05) is 17.2 Å². The molecule has 1 fully saturated rings. The van der Waals surface area contributed by atoms with Gasteiger partial charge in [0.1, 0.15) is 6.54 Å². The number of hydrogen-bond donors (Lipinski definition) is 1. The highest BCUT2D eigenvalue weighted by atomic mass is 19.4. The van der Waals surface area contributed by atoms with Crippen molar-refractivity contribution in [3.63, 3.8) is 0 Å². The standard InChI is InChI=1S/C11H13F3N2/c12-11(13,14)7-16(9-4-5-9)10-3-1-2-8(15)6-10/h1-3,6,9H,4-5,7,15H2. The highest BCUT2D eigenvalue weighted by Crippen LogP contribution is 2.34. The molecule has 1 aromatic carbocycles. The van der Waals surface area contributed by atoms with Gasteiger partial charge < -0.3 is 10.6 Å². The van der Waals surface area contributed by atoms with E-state index in [2.05, 4.69) is 0 Å². The van der Waals surface area contributed by atoms with Gasteiger partial charge in [-0.2, -0.15) is 13.2 Å². The van der Waals surface area contributed by atoms with E-state index in [0.717, 1.165) is 12.8 Å². The number of rotatable bonds is 3. The summed E-state index contributed by atoms with van der Waals surface area (Å²) in [4.78, 5) is 1.39. The topological polar surface area (TPSA) is 29.3 Å². The van der Waals surface area contributed by atoms with Crippen molar-refractivity contribution in [2.24, 2.45) is 0 Å². The first-order chi connectivity index (χ1) is 7.46. The molecule has 1 aromatic rings. The lowest BCUT2D eigenvalue weighted by Gasteiger charge is -2.26. The molecule has 2 N–H and O–H groups in total. The van der Waals surface area contributed by atoms with Crippen LogP contribution in [0.4, 0.5) is 24.5 Å². The minimum absolute atomic E-state index is 0.0171. The summed E-state index contributed by atoms with van der Waals surface area (Å²) >= 11 is 0. The Balaban J connectivity index is 2.19. The molecule has 0 unspecified atom stereocenters. The minimum Gasteiger partial charge on any atom is -0.399 e. The maximum atomic E-state index is 12.4. The van der Waals surface area contributed by atoms with E-state index in [-0.39, 0.29) is 6.04 Å². The van der Waals surface area contributed by atoms with Gasteiger partial charge in [0.2, 0.25) is 0 Å². The van der Waals surface area contributed by atoms with Crippen LogP contribution in [0.25, 0.3) is 0 Å². The lowest BCUT2D eigenvalue weighted by atomic mass is 10.2. The fourth-order valence-corrected chi connectivity index (χ4v) is 1.71. The maximum Gasteiger partial charge on any atom is 0.405 e. The van der Waals surface area contributed by atoms with Gasteiger partial charge in [0, 0.05) is 17.4 Å². The third-order valence-electron chi connectivity index (χ3n) is 2.54. The van der Waals surface area contributed by atoms with E-state index in [1.165, 1.54) is 4.90 Å². The van der Waals surface area contributed by atoms with Crippen LogP contribution in [-0.2, 0) is 0 Å². The molecule has 0 atom stereocenters. The molecule has 0 aromatic heterocycles. The van der Waals surface area contributed by atoms with Gasteiger partial charge in [-0.25, -0.2) is 0 Å². The molecule has 0 spiro atoms. The molecule has 2 rings (SSSR count). The Labute approximate surface area is 91.8 Å². The molecule has 2 nitrogen and oxygen atoms in total. The summed E-state index contributed by atoms with van der Waals surface area (Å²) in [6.45, 7) is -0.902. The monoisotopic (exact) mass is 230 g/mol. The van der Waals surface area contributed by atoms with E-state index < -0.39 is 12.7 Å². The molecule has 88 valence electrons. The SMILES string of the molecule is Nc1cccc(N(CC(F)(F)F)C2CC2)c1. The smallest absolute Gasteiger partial charge is 0.399 e. The summed E-state index contributed by atoms with van der Waals surface area (Å²) in [5.41, 5.74) is 6.62. The second kappa shape index (κ2) is 3.88. The molecule has 0 aliphatic heterocycles. The van der Waals surface area contributed by atoms with Crippen molar-refractivity contribution in [1.82, 2.24) is 0 Å². The third kappa shape index (κ3) is 2.81. The zero-order valence-electron chi connectivity index (χ0n) is 8.67. The van der Waals surface area contributed by atoms with E-state index in [9.17, 15) is 13.2 Å². The van der Waals surface area contributed by atoms with Crippen molar-refractivity contribution in [2.45, 2.75) is 25.1 Å². The normalized spacial score (nSPS) is 16.2. The molecule has 0 radical (unpaired) electrons. The molecule has 0 bridgehead atoms. The fraction of sp³-hybridized carbons (Fsp3) is 0.455. The number of alkyl halides is 3. The van der Waals surface area contributed by atoms with Crippen LogP contribution in [0.1, 0.15) is 12.8 Å². The van der Waals surface area contributed by atoms with E-state index in [0.29, 0.717) is 11.4 Å². The zero-order chi connectivity index (χ0) is 11.8. The van der Waals surface area contributed by atoms with Crippen molar-refractivity contribution in [1.29, 1.82) is 0 Å².